The molecule has 3 rings (SSSR count). The fourth-order valence-corrected chi connectivity index (χ4v) is 3.11. The highest BCUT2D eigenvalue weighted by Gasteiger charge is 2.18. The molecule has 0 radical (unpaired) electrons. The molecule has 28 heavy (non-hydrogen) atoms. The third-order valence-corrected chi connectivity index (χ3v) is 4.66. The largest absolute Gasteiger partial charge is 0.497 e. The first-order chi connectivity index (χ1) is 13.6. The molecule has 1 aliphatic carbocycles. The number of anilines is 1. The first-order valence-corrected chi connectivity index (χ1v) is 9.52. The Hall–Kier alpha value is -3.02. The van der Waals surface area contributed by atoms with E-state index in [4.69, 9.17) is 14.2 Å². The lowest BCUT2D eigenvalue weighted by atomic mass is 9.98. The van der Waals surface area contributed by atoms with E-state index in [9.17, 15) is 9.59 Å². The number of esters is 1. The standard InChI is InChI=1S/C22H25NO5/c1-26-18-11-13-19(14-12-18)27-15-21(24)23-17-9-7-16(8-10-17)22(25)28-20-5-3-2-4-6-20/h7-14,20H,2-6,15H2,1H3,(H,23,24). The molecule has 2 aromatic carbocycles. The maximum atomic E-state index is 12.2. The Kier molecular flexibility index (Phi) is 6.89. The van der Waals surface area contributed by atoms with Crippen LogP contribution in [-0.2, 0) is 9.53 Å². The van der Waals surface area contributed by atoms with Crippen LogP contribution in [0, 0.1) is 0 Å². The van der Waals surface area contributed by atoms with E-state index in [1.165, 1.54) is 6.42 Å². The normalized spacial score (nSPS) is 14.2. The van der Waals surface area contributed by atoms with Crippen LogP contribution in [0.5, 0.6) is 11.5 Å². The molecule has 1 aliphatic rings. The van der Waals surface area contributed by atoms with Crippen molar-refractivity contribution in [3.63, 3.8) is 0 Å². The number of amides is 1. The van der Waals surface area contributed by atoms with Gasteiger partial charge in [-0.1, -0.05) is 6.42 Å². The summed E-state index contributed by atoms with van der Waals surface area (Å²) in [5.74, 6) is 0.705. The van der Waals surface area contributed by atoms with Gasteiger partial charge in [-0.05, 0) is 74.2 Å². The molecule has 6 nitrogen and oxygen atoms in total. The van der Waals surface area contributed by atoms with Gasteiger partial charge in [-0.3, -0.25) is 4.79 Å². The second-order valence-electron chi connectivity index (χ2n) is 6.76. The minimum Gasteiger partial charge on any atom is -0.497 e. The van der Waals surface area contributed by atoms with Crippen molar-refractivity contribution in [2.45, 2.75) is 38.2 Å². The molecular formula is C22H25NO5. The van der Waals surface area contributed by atoms with Crippen LogP contribution in [0.1, 0.15) is 42.5 Å². The zero-order chi connectivity index (χ0) is 19.8. The quantitative estimate of drug-likeness (QED) is 0.725. The zero-order valence-electron chi connectivity index (χ0n) is 16.0. The van der Waals surface area contributed by atoms with Gasteiger partial charge in [0, 0.05) is 5.69 Å². The van der Waals surface area contributed by atoms with Gasteiger partial charge in [0.25, 0.3) is 5.91 Å². The second kappa shape index (κ2) is 9.78. The number of hydrogen-bond donors (Lipinski definition) is 1. The lowest BCUT2D eigenvalue weighted by Gasteiger charge is -2.21. The number of hydrogen-bond acceptors (Lipinski definition) is 5. The van der Waals surface area contributed by atoms with Crippen molar-refractivity contribution < 1.29 is 23.8 Å². The van der Waals surface area contributed by atoms with Crippen molar-refractivity contribution in [2.24, 2.45) is 0 Å². The molecule has 1 fully saturated rings. The number of methoxy groups -OCH3 is 1. The number of nitrogens with one attached hydrogen (secondary N) is 1. The predicted octanol–water partition coefficient (Wildman–Crippen LogP) is 4.20. The molecule has 1 N–H and O–H groups in total. The summed E-state index contributed by atoms with van der Waals surface area (Å²) < 4.78 is 16.1. The second-order valence-corrected chi connectivity index (χ2v) is 6.76. The molecule has 2 aromatic rings. The topological polar surface area (TPSA) is 73.9 Å². The third kappa shape index (κ3) is 5.74. The van der Waals surface area contributed by atoms with Gasteiger partial charge in [0.15, 0.2) is 6.61 Å². The van der Waals surface area contributed by atoms with Crippen molar-refractivity contribution in [1.82, 2.24) is 0 Å². The Morgan fingerprint density at radius 1 is 0.929 bits per heavy atom. The molecule has 0 atom stereocenters. The number of carbonyl (C=O) groups is 2. The summed E-state index contributed by atoms with van der Waals surface area (Å²) in [6.07, 6.45) is 5.34. The molecule has 1 saturated carbocycles. The van der Waals surface area contributed by atoms with Crippen LogP contribution in [0.2, 0.25) is 0 Å². The van der Waals surface area contributed by atoms with Crippen LogP contribution in [0.15, 0.2) is 48.5 Å². The van der Waals surface area contributed by atoms with E-state index >= 15 is 0 Å². The Bertz CT molecular complexity index is 780. The number of ether oxygens (including phenoxy) is 3. The Labute approximate surface area is 164 Å². The van der Waals surface area contributed by atoms with Gasteiger partial charge in [0.2, 0.25) is 0 Å². The molecule has 0 saturated heterocycles. The summed E-state index contributed by atoms with van der Waals surface area (Å²) in [6.45, 7) is -0.113. The summed E-state index contributed by atoms with van der Waals surface area (Å²) >= 11 is 0. The summed E-state index contributed by atoms with van der Waals surface area (Å²) in [5.41, 5.74) is 1.08. The van der Waals surface area contributed by atoms with E-state index < -0.39 is 0 Å². The van der Waals surface area contributed by atoms with Crippen LogP contribution in [-0.4, -0.2) is 31.7 Å². The van der Waals surface area contributed by atoms with Crippen molar-refractivity contribution in [2.75, 3.05) is 19.0 Å². The fourth-order valence-electron chi connectivity index (χ4n) is 3.11. The summed E-state index contributed by atoms with van der Waals surface area (Å²) in [7, 11) is 1.59. The lowest BCUT2D eigenvalue weighted by molar-refractivity contribution is -0.118. The molecule has 6 heteroatoms. The van der Waals surface area contributed by atoms with E-state index in [0.29, 0.717) is 17.0 Å². The highest BCUT2D eigenvalue weighted by Crippen LogP contribution is 2.22. The van der Waals surface area contributed by atoms with Gasteiger partial charge < -0.3 is 19.5 Å². The molecular weight excluding hydrogens is 358 g/mol. The number of carbonyl (C=O) groups excluding carboxylic acids is 2. The minimum absolute atomic E-state index is 0.0238. The van der Waals surface area contributed by atoms with E-state index in [1.807, 2.05) is 0 Å². The van der Waals surface area contributed by atoms with E-state index in [-0.39, 0.29) is 24.6 Å². The van der Waals surface area contributed by atoms with Crippen LogP contribution in [0.25, 0.3) is 0 Å². The lowest BCUT2D eigenvalue weighted by Crippen LogP contribution is -2.21. The molecule has 0 unspecified atom stereocenters. The summed E-state index contributed by atoms with van der Waals surface area (Å²) in [4.78, 5) is 24.3. The summed E-state index contributed by atoms with van der Waals surface area (Å²) in [5, 5.41) is 2.74. The van der Waals surface area contributed by atoms with Crippen LogP contribution < -0.4 is 14.8 Å². The average Bonchev–Trinajstić information content (AvgIpc) is 2.74. The van der Waals surface area contributed by atoms with E-state index in [0.717, 1.165) is 31.4 Å². The monoisotopic (exact) mass is 383 g/mol. The highest BCUT2D eigenvalue weighted by molar-refractivity contribution is 5.93. The molecule has 1 amide bonds. The van der Waals surface area contributed by atoms with Crippen molar-refractivity contribution in [3.05, 3.63) is 54.1 Å². The maximum absolute atomic E-state index is 12.2. The molecule has 0 aromatic heterocycles. The zero-order valence-corrected chi connectivity index (χ0v) is 16.0. The average molecular weight is 383 g/mol. The molecule has 0 bridgehead atoms. The smallest absolute Gasteiger partial charge is 0.338 e. The maximum Gasteiger partial charge on any atom is 0.338 e. The SMILES string of the molecule is COc1ccc(OCC(=O)Nc2ccc(C(=O)OC3CCCCC3)cc2)cc1. The van der Waals surface area contributed by atoms with Crippen LogP contribution in [0.3, 0.4) is 0 Å². The van der Waals surface area contributed by atoms with Crippen LogP contribution >= 0.6 is 0 Å². The fraction of sp³-hybridized carbons (Fsp3) is 0.364. The van der Waals surface area contributed by atoms with Gasteiger partial charge in [0.1, 0.15) is 17.6 Å². The minimum atomic E-state index is -0.312. The first-order valence-electron chi connectivity index (χ1n) is 9.52. The van der Waals surface area contributed by atoms with Gasteiger partial charge in [-0.15, -0.1) is 0 Å². The van der Waals surface area contributed by atoms with Gasteiger partial charge in [-0.25, -0.2) is 4.79 Å². The van der Waals surface area contributed by atoms with Gasteiger partial charge in [0.05, 0.1) is 12.7 Å². The van der Waals surface area contributed by atoms with Gasteiger partial charge in [-0.2, -0.15) is 0 Å². The van der Waals surface area contributed by atoms with Crippen molar-refractivity contribution in [3.8, 4) is 11.5 Å². The Morgan fingerprint density at radius 2 is 1.57 bits per heavy atom. The molecule has 0 aliphatic heterocycles. The van der Waals surface area contributed by atoms with Gasteiger partial charge >= 0.3 is 5.97 Å². The summed E-state index contributed by atoms with van der Waals surface area (Å²) in [6, 6.07) is 13.7. The first kappa shape index (κ1) is 19.7. The van der Waals surface area contributed by atoms with Crippen LogP contribution in [0.4, 0.5) is 5.69 Å². The van der Waals surface area contributed by atoms with Crippen molar-refractivity contribution >= 4 is 17.6 Å². The molecule has 0 spiro atoms. The Morgan fingerprint density at radius 3 is 2.21 bits per heavy atom. The predicted molar refractivity (Wildman–Crippen MR) is 106 cm³/mol. The number of rotatable bonds is 7. The van der Waals surface area contributed by atoms with E-state index in [2.05, 4.69) is 5.32 Å². The molecule has 148 valence electrons. The van der Waals surface area contributed by atoms with Crippen molar-refractivity contribution in [1.29, 1.82) is 0 Å². The Balaban J connectivity index is 1.46. The van der Waals surface area contributed by atoms with E-state index in [1.54, 1.807) is 55.6 Å². The molecule has 0 heterocycles. The third-order valence-electron chi connectivity index (χ3n) is 4.66. The highest BCUT2D eigenvalue weighted by atomic mass is 16.5. The number of benzene rings is 2.